The van der Waals surface area contributed by atoms with Crippen molar-refractivity contribution in [3.63, 3.8) is 0 Å². The summed E-state index contributed by atoms with van der Waals surface area (Å²) in [7, 11) is 0. The molecule has 0 radical (unpaired) electrons. The average molecular weight is 332 g/mol. The molecule has 6 nitrogen and oxygen atoms in total. The van der Waals surface area contributed by atoms with E-state index in [0.29, 0.717) is 25.9 Å². The van der Waals surface area contributed by atoms with E-state index in [-0.39, 0.29) is 18.9 Å². The van der Waals surface area contributed by atoms with E-state index < -0.39 is 5.97 Å². The number of nitrogens with one attached hydrogen (secondary N) is 1. The zero-order valence-electron chi connectivity index (χ0n) is 14.9. The SMILES string of the molecule is CC(C)CCCCCC(=O)NCCCCCC(=O)O.NCCO. The largest absolute Gasteiger partial charge is 0.481 e. The summed E-state index contributed by atoms with van der Waals surface area (Å²) in [6.45, 7) is 5.58. The minimum atomic E-state index is -0.745. The number of carboxylic acids is 1. The summed E-state index contributed by atoms with van der Waals surface area (Å²) in [5, 5.41) is 19.1. The van der Waals surface area contributed by atoms with Crippen molar-refractivity contribution in [1.29, 1.82) is 0 Å². The average Bonchev–Trinajstić information content (AvgIpc) is 2.50. The molecule has 0 fully saturated rings. The molecule has 0 rings (SSSR count). The molecule has 0 aliphatic rings. The highest BCUT2D eigenvalue weighted by Gasteiger charge is 2.01. The van der Waals surface area contributed by atoms with Gasteiger partial charge >= 0.3 is 5.97 Å². The third-order valence-electron chi connectivity index (χ3n) is 3.20. The van der Waals surface area contributed by atoms with Gasteiger partial charge in [0.2, 0.25) is 5.91 Å². The van der Waals surface area contributed by atoms with E-state index in [4.69, 9.17) is 15.9 Å². The Kier molecular flexibility index (Phi) is 19.8. The lowest BCUT2D eigenvalue weighted by atomic mass is 10.0. The first-order valence-corrected chi connectivity index (χ1v) is 8.73. The highest BCUT2D eigenvalue weighted by Crippen LogP contribution is 2.09. The van der Waals surface area contributed by atoms with Crippen LogP contribution in [0.3, 0.4) is 0 Å². The lowest BCUT2D eigenvalue weighted by molar-refractivity contribution is -0.137. The maximum atomic E-state index is 11.5. The van der Waals surface area contributed by atoms with Crippen molar-refractivity contribution in [2.75, 3.05) is 19.7 Å². The molecule has 0 unspecified atom stereocenters. The number of hydrogen-bond acceptors (Lipinski definition) is 4. The Hall–Kier alpha value is -1.14. The second-order valence-corrected chi connectivity index (χ2v) is 6.06. The molecule has 23 heavy (non-hydrogen) atoms. The molecule has 0 saturated heterocycles. The minimum absolute atomic E-state index is 0.0972. The van der Waals surface area contributed by atoms with Gasteiger partial charge in [-0.15, -0.1) is 0 Å². The van der Waals surface area contributed by atoms with E-state index >= 15 is 0 Å². The first kappa shape index (κ1) is 24.1. The molecule has 138 valence electrons. The summed E-state index contributed by atoms with van der Waals surface area (Å²) in [5.41, 5.74) is 4.78. The number of carbonyl (C=O) groups is 2. The zero-order valence-corrected chi connectivity index (χ0v) is 14.9. The molecule has 5 N–H and O–H groups in total. The Bertz CT molecular complexity index is 282. The molecule has 0 heterocycles. The predicted octanol–water partition coefficient (Wildman–Crippen LogP) is 2.29. The Balaban J connectivity index is 0. The molecule has 0 spiro atoms. The number of hydrogen-bond donors (Lipinski definition) is 4. The van der Waals surface area contributed by atoms with Gasteiger partial charge in [0.1, 0.15) is 0 Å². The molecule has 6 heteroatoms. The van der Waals surface area contributed by atoms with Crippen LogP contribution in [0.1, 0.15) is 71.6 Å². The minimum Gasteiger partial charge on any atom is -0.481 e. The van der Waals surface area contributed by atoms with Crippen LogP contribution in [-0.2, 0) is 9.59 Å². The third kappa shape index (κ3) is 26.1. The van der Waals surface area contributed by atoms with Gasteiger partial charge in [-0.2, -0.15) is 0 Å². The summed E-state index contributed by atoms with van der Waals surface area (Å²) >= 11 is 0. The van der Waals surface area contributed by atoms with Gasteiger partial charge in [0.25, 0.3) is 0 Å². The molecule has 0 aliphatic heterocycles. The van der Waals surface area contributed by atoms with Gasteiger partial charge in [-0.05, 0) is 25.2 Å². The van der Waals surface area contributed by atoms with Crippen molar-refractivity contribution in [3.8, 4) is 0 Å². The second-order valence-electron chi connectivity index (χ2n) is 6.06. The van der Waals surface area contributed by atoms with Crippen LogP contribution in [0.2, 0.25) is 0 Å². The van der Waals surface area contributed by atoms with Crippen LogP contribution in [-0.4, -0.2) is 41.8 Å². The van der Waals surface area contributed by atoms with Crippen molar-refractivity contribution >= 4 is 11.9 Å². The maximum absolute atomic E-state index is 11.5. The monoisotopic (exact) mass is 332 g/mol. The number of aliphatic hydroxyl groups is 1. The summed E-state index contributed by atoms with van der Waals surface area (Å²) in [6.07, 6.45) is 7.82. The van der Waals surface area contributed by atoms with E-state index in [0.717, 1.165) is 31.6 Å². The van der Waals surface area contributed by atoms with Crippen molar-refractivity contribution < 1.29 is 19.8 Å². The highest BCUT2D eigenvalue weighted by molar-refractivity contribution is 5.75. The van der Waals surface area contributed by atoms with Crippen molar-refractivity contribution in [1.82, 2.24) is 5.32 Å². The summed E-state index contributed by atoms with van der Waals surface area (Å²) in [4.78, 5) is 21.8. The van der Waals surface area contributed by atoms with Crippen LogP contribution in [0.4, 0.5) is 0 Å². The van der Waals surface area contributed by atoms with Crippen LogP contribution < -0.4 is 11.1 Å². The fourth-order valence-corrected chi connectivity index (χ4v) is 1.91. The van der Waals surface area contributed by atoms with Crippen LogP contribution in [0, 0.1) is 5.92 Å². The lowest BCUT2D eigenvalue weighted by Crippen LogP contribution is -2.24. The van der Waals surface area contributed by atoms with E-state index in [9.17, 15) is 9.59 Å². The van der Waals surface area contributed by atoms with Crippen molar-refractivity contribution in [2.24, 2.45) is 11.7 Å². The fourth-order valence-electron chi connectivity index (χ4n) is 1.91. The Morgan fingerprint density at radius 2 is 1.57 bits per heavy atom. The van der Waals surface area contributed by atoms with E-state index in [1.54, 1.807) is 0 Å². The van der Waals surface area contributed by atoms with Gasteiger partial charge in [-0.25, -0.2) is 0 Å². The Morgan fingerprint density at radius 1 is 1.00 bits per heavy atom. The summed E-state index contributed by atoms with van der Waals surface area (Å²) < 4.78 is 0. The normalized spacial score (nSPS) is 10.1. The Morgan fingerprint density at radius 3 is 2.09 bits per heavy atom. The van der Waals surface area contributed by atoms with Gasteiger partial charge in [-0.3, -0.25) is 9.59 Å². The standard InChI is InChI=1S/C15H29NO3.C2H7NO/c1-13(2)9-5-3-6-10-14(17)16-12-8-4-7-11-15(18)19;3-1-2-4/h13H,3-12H2,1-2H3,(H,16,17)(H,18,19);4H,1-3H2. The Labute approximate surface area is 140 Å². The molecule has 0 bridgehead atoms. The van der Waals surface area contributed by atoms with Crippen LogP contribution in [0.15, 0.2) is 0 Å². The van der Waals surface area contributed by atoms with Gasteiger partial charge in [0.15, 0.2) is 0 Å². The molecule has 0 aliphatic carbocycles. The zero-order chi connectivity index (χ0) is 17.9. The quantitative estimate of drug-likeness (QED) is 0.387. The number of rotatable bonds is 13. The number of carbonyl (C=O) groups excluding carboxylic acids is 1. The molecule has 0 aromatic rings. The lowest BCUT2D eigenvalue weighted by Gasteiger charge is -2.06. The third-order valence-corrected chi connectivity index (χ3v) is 3.20. The fraction of sp³-hybridized carbons (Fsp3) is 0.882. The highest BCUT2D eigenvalue weighted by atomic mass is 16.4. The van der Waals surface area contributed by atoms with E-state index in [1.165, 1.54) is 12.8 Å². The van der Waals surface area contributed by atoms with Crippen LogP contribution in [0.25, 0.3) is 0 Å². The molecular formula is C17H36N2O4. The van der Waals surface area contributed by atoms with Crippen molar-refractivity contribution in [3.05, 3.63) is 0 Å². The second kappa shape index (κ2) is 18.9. The van der Waals surface area contributed by atoms with Gasteiger partial charge in [0.05, 0.1) is 6.61 Å². The summed E-state index contributed by atoms with van der Waals surface area (Å²) in [6, 6.07) is 0. The number of aliphatic carboxylic acids is 1. The summed E-state index contributed by atoms with van der Waals surface area (Å²) in [5.74, 6) is 0.132. The van der Waals surface area contributed by atoms with Gasteiger partial charge in [-0.1, -0.05) is 39.5 Å². The number of nitrogens with two attached hydrogens (primary N) is 1. The molecule has 0 saturated carbocycles. The first-order chi connectivity index (χ1) is 10.9. The maximum Gasteiger partial charge on any atom is 0.303 e. The molecular weight excluding hydrogens is 296 g/mol. The van der Waals surface area contributed by atoms with Crippen LogP contribution >= 0.6 is 0 Å². The van der Waals surface area contributed by atoms with E-state index in [1.807, 2.05) is 0 Å². The van der Waals surface area contributed by atoms with Crippen molar-refractivity contribution in [2.45, 2.75) is 71.6 Å². The smallest absolute Gasteiger partial charge is 0.303 e. The molecule has 0 aromatic heterocycles. The topological polar surface area (TPSA) is 113 Å². The number of amides is 1. The van der Waals surface area contributed by atoms with Crippen LogP contribution in [0.5, 0.6) is 0 Å². The first-order valence-electron chi connectivity index (χ1n) is 8.73. The number of carboxylic acid groups (broad SMARTS) is 1. The van der Waals surface area contributed by atoms with Gasteiger partial charge < -0.3 is 21.3 Å². The predicted molar refractivity (Wildman–Crippen MR) is 93.2 cm³/mol. The molecule has 0 aromatic carbocycles. The molecule has 0 atom stereocenters. The number of aliphatic hydroxyl groups excluding tert-OH is 1. The number of unbranched alkanes of at least 4 members (excludes halogenated alkanes) is 4. The van der Waals surface area contributed by atoms with Gasteiger partial charge in [0, 0.05) is 25.9 Å². The van der Waals surface area contributed by atoms with E-state index in [2.05, 4.69) is 19.2 Å². The molecule has 1 amide bonds.